The summed E-state index contributed by atoms with van der Waals surface area (Å²) in [6, 6.07) is 9.28. The lowest BCUT2D eigenvalue weighted by atomic mass is 10.1. The van der Waals surface area contributed by atoms with Crippen LogP contribution < -0.4 is 4.74 Å². The number of benzene rings is 1. The fourth-order valence-corrected chi connectivity index (χ4v) is 1.50. The monoisotopic (exact) mass is 216 g/mol. The highest BCUT2D eigenvalue weighted by atomic mass is 16.5. The van der Waals surface area contributed by atoms with E-state index in [9.17, 15) is 4.79 Å². The Balaban J connectivity index is 2.46. The second-order valence-electron chi connectivity index (χ2n) is 3.42. The van der Waals surface area contributed by atoms with Crippen LogP contribution in [0.4, 0.5) is 0 Å². The first kappa shape index (κ1) is 10.4. The van der Waals surface area contributed by atoms with Crippen LogP contribution in [0.5, 0.6) is 5.75 Å². The van der Waals surface area contributed by atoms with E-state index in [1.165, 1.54) is 6.92 Å². The maximum atomic E-state index is 11.1. The quantitative estimate of drug-likeness (QED) is 0.801. The van der Waals surface area contributed by atoms with Gasteiger partial charge in [-0.2, -0.15) is 5.10 Å². The molecule has 2 aromatic rings. The summed E-state index contributed by atoms with van der Waals surface area (Å²) in [5, 5.41) is 6.79. The molecule has 2 rings (SSSR count). The van der Waals surface area contributed by atoms with Crippen LogP contribution in [-0.2, 0) is 0 Å². The smallest absolute Gasteiger partial charge is 0.177 e. The first-order valence-electron chi connectivity index (χ1n) is 4.92. The maximum Gasteiger partial charge on any atom is 0.177 e. The van der Waals surface area contributed by atoms with E-state index in [2.05, 4.69) is 10.2 Å². The number of ketones is 1. The second kappa shape index (κ2) is 4.18. The van der Waals surface area contributed by atoms with Crippen LogP contribution in [0, 0.1) is 0 Å². The third-order valence-electron chi connectivity index (χ3n) is 2.34. The number of aromatic amines is 1. The number of hydrogen-bond donors (Lipinski definition) is 1. The third-order valence-corrected chi connectivity index (χ3v) is 2.34. The molecule has 16 heavy (non-hydrogen) atoms. The van der Waals surface area contributed by atoms with Crippen LogP contribution in [0.3, 0.4) is 0 Å². The first-order chi connectivity index (χ1) is 7.72. The molecule has 4 nitrogen and oxygen atoms in total. The number of nitrogens with one attached hydrogen (secondary N) is 1. The summed E-state index contributed by atoms with van der Waals surface area (Å²) < 4.78 is 5.23. The summed E-state index contributed by atoms with van der Waals surface area (Å²) in [5.74, 6) is 0.706. The van der Waals surface area contributed by atoms with E-state index in [4.69, 9.17) is 4.74 Å². The largest absolute Gasteiger partial charge is 0.496 e. The van der Waals surface area contributed by atoms with Crippen molar-refractivity contribution in [1.29, 1.82) is 0 Å². The van der Waals surface area contributed by atoms with Crippen molar-refractivity contribution in [3.8, 4) is 17.0 Å². The molecule has 0 aliphatic rings. The first-order valence-corrected chi connectivity index (χ1v) is 4.92. The van der Waals surface area contributed by atoms with Gasteiger partial charge in [-0.15, -0.1) is 0 Å². The standard InChI is InChI=1S/C12H12N2O2/c1-8(15)10-7-11(14-13-10)9-5-3-4-6-12(9)16-2/h3-7H,1-2H3,(H,13,14). The lowest BCUT2D eigenvalue weighted by molar-refractivity contribution is 0.101. The van der Waals surface area contributed by atoms with Gasteiger partial charge in [0.2, 0.25) is 0 Å². The molecular formula is C12H12N2O2. The number of methoxy groups -OCH3 is 1. The Morgan fingerprint density at radius 2 is 2.12 bits per heavy atom. The average molecular weight is 216 g/mol. The highest BCUT2D eigenvalue weighted by molar-refractivity contribution is 5.93. The number of carbonyl (C=O) groups is 1. The lowest BCUT2D eigenvalue weighted by Crippen LogP contribution is -1.90. The molecule has 0 atom stereocenters. The molecule has 0 saturated heterocycles. The van der Waals surface area contributed by atoms with Gasteiger partial charge in [-0.25, -0.2) is 0 Å². The van der Waals surface area contributed by atoms with Crippen molar-refractivity contribution < 1.29 is 9.53 Å². The number of nitrogens with zero attached hydrogens (tertiary/aromatic N) is 1. The molecule has 82 valence electrons. The molecule has 0 spiro atoms. The van der Waals surface area contributed by atoms with Crippen LogP contribution >= 0.6 is 0 Å². The highest BCUT2D eigenvalue weighted by Gasteiger charge is 2.10. The summed E-state index contributed by atoms with van der Waals surface area (Å²) in [5.41, 5.74) is 2.08. The molecule has 0 radical (unpaired) electrons. The molecule has 0 fully saturated rings. The predicted octanol–water partition coefficient (Wildman–Crippen LogP) is 2.29. The summed E-state index contributed by atoms with van der Waals surface area (Å²) >= 11 is 0. The van der Waals surface area contributed by atoms with E-state index in [-0.39, 0.29) is 5.78 Å². The number of carbonyl (C=O) groups excluding carboxylic acids is 1. The Hall–Kier alpha value is -2.10. The molecule has 0 aliphatic carbocycles. The van der Waals surface area contributed by atoms with Crippen molar-refractivity contribution in [2.45, 2.75) is 6.92 Å². The van der Waals surface area contributed by atoms with Gasteiger partial charge >= 0.3 is 0 Å². The maximum absolute atomic E-state index is 11.1. The SMILES string of the molecule is COc1ccccc1-c1cc(C(C)=O)[nH]n1. The molecule has 1 aromatic heterocycles. The van der Waals surface area contributed by atoms with Crippen LogP contribution in [0.25, 0.3) is 11.3 Å². The molecule has 0 amide bonds. The number of aromatic nitrogens is 2. The summed E-state index contributed by atoms with van der Waals surface area (Å²) in [4.78, 5) is 11.1. The molecule has 1 heterocycles. The van der Waals surface area contributed by atoms with E-state index >= 15 is 0 Å². The highest BCUT2D eigenvalue weighted by Crippen LogP contribution is 2.28. The van der Waals surface area contributed by atoms with E-state index in [0.29, 0.717) is 11.4 Å². The average Bonchev–Trinajstić information content (AvgIpc) is 2.78. The number of rotatable bonds is 3. The third kappa shape index (κ3) is 1.82. The Bertz CT molecular complexity index is 517. The van der Waals surface area contributed by atoms with Gasteiger partial charge in [-0.3, -0.25) is 9.89 Å². The van der Waals surface area contributed by atoms with Crippen LogP contribution in [0.1, 0.15) is 17.4 Å². The predicted molar refractivity (Wildman–Crippen MR) is 60.6 cm³/mol. The molecule has 0 saturated carbocycles. The Morgan fingerprint density at radius 1 is 1.38 bits per heavy atom. The van der Waals surface area contributed by atoms with Gasteiger partial charge < -0.3 is 4.74 Å². The Kier molecular flexibility index (Phi) is 2.72. The zero-order valence-electron chi connectivity index (χ0n) is 9.15. The molecule has 1 aromatic carbocycles. The number of ether oxygens (including phenoxy) is 1. The van der Waals surface area contributed by atoms with Crippen molar-refractivity contribution in [2.75, 3.05) is 7.11 Å². The normalized spacial score (nSPS) is 10.1. The zero-order chi connectivity index (χ0) is 11.5. The molecule has 0 bridgehead atoms. The van der Waals surface area contributed by atoms with E-state index < -0.39 is 0 Å². The number of H-pyrrole nitrogens is 1. The van der Waals surface area contributed by atoms with Gasteiger partial charge in [0.15, 0.2) is 5.78 Å². The van der Waals surface area contributed by atoms with Gasteiger partial charge in [0, 0.05) is 12.5 Å². The summed E-state index contributed by atoms with van der Waals surface area (Å²) in [6.45, 7) is 1.50. The Morgan fingerprint density at radius 3 is 2.75 bits per heavy atom. The summed E-state index contributed by atoms with van der Waals surface area (Å²) in [7, 11) is 1.61. The number of para-hydroxylation sites is 1. The molecule has 0 unspecified atom stereocenters. The minimum Gasteiger partial charge on any atom is -0.496 e. The zero-order valence-corrected chi connectivity index (χ0v) is 9.15. The minimum absolute atomic E-state index is 0.0337. The van der Waals surface area contributed by atoms with Crippen LogP contribution in [0.2, 0.25) is 0 Å². The van der Waals surface area contributed by atoms with Gasteiger partial charge in [-0.05, 0) is 18.2 Å². The van der Waals surface area contributed by atoms with Gasteiger partial charge in [0.1, 0.15) is 11.4 Å². The van der Waals surface area contributed by atoms with Crippen molar-refractivity contribution in [2.24, 2.45) is 0 Å². The number of hydrogen-bond acceptors (Lipinski definition) is 3. The van der Waals surface area contributed by atoms with E-state index in [0.717, 1.165) is 11.3 Å². The van der Waals surface area contributed by atoms with Crippen LogP contribution in [-0.4, -0.2) is 23.1 Å². The van der Waals surface area contributed by atoms with Crippen molar-refractivity contribution in [3.05, 3.63) is 36.0 Å². The molecule has 4 heteroatoms. The Labute approximate surface area is 93.3 Å². The summed E-state index contributed by atoms with van der Waals surface area (Å²) in [6.07, 6.45) is 0. The fourth-order valence-electron chi connectivity index (χ4n) is 1.50. The molecule has 0 aliphatic heterocycles. The second-order valence-corrected chi connectivity index (χ2v) is 3.42. The van der Waals surface area contributed by atoms with Gasteiger partial charge in [0.05, 0.1) is 12.8 Å². The van der Waals surface area contributed by atoms with E-state index in [1.54, 1.807) is 13.2 Å². The van der Waals surface area contributed by atoms with Gasteiger partial charge in [-0.1, -0.05) is 12.1 Å². The van der Waals surface area contributed by atoms with Gasteiger partial charge in [0.25, 0.3) is 0 Å². The lowest BCUT2D eigenvalue weighted by Gasteiger charge is -2.04. The van der Waals surface area contributed by atoms with Crippen molar-refractivity contribution in [3.63, 3.8) is 0 Å². The molecular weight excluding hydrogens is 204 g/mol. The topological polar surface area (TPSA) is 55.0 Å². The van der Waals surface area contributed by atoms with Crippen LogP contribution in [0.15, 0.2) is 30.3 Å². The van der Waals surface area contributed by atoms with E-state index in [1.807, 2.05) is 24.3 Å². The molecule has 1 N–H and O–H groups in total. The number of Topliss-reactive ketones (excluding diaryl/α,β-unsaturated/α-hetero) is 1. The minimum atomic E-state index is -0.0337. The van der Waals surface area contributed by atoms with Crippen molar-refractivity contribution in [1.82, 2.24) is 10.2 Å². The fraction of sp³-hybridized carbons (Fsp3) is 0.167. The van der Waals surface area contributed by atoms with Crippen molar-refractivity contribution >= 4 is 5.78 Å².